The van der Waals surface area contributed by atoms with E-state index in [4.69, 9.17) is 22.7 Å². The second kappa shape index (κ2) is 7.03. The molecule has 0 aliphatic carbocycles. The fourth-order valence-electron chi connectivity index (χ4n) is 1.32. The lowest BCUT2D eigenvalue weighted by Gasteiger charge is -2.07. The number of nitrogens with two attached hydrogens (primary N) is 1. The Morgan fingerprint density at radius 1 is 1.56 bits per heavy atom. The number of ether oxygens (including phenoxy) is 1. The molecular weight excluding hydrogens is 255 g/mol. The van der Waals surface area contributed by atoms with E-state index in [-0.39, 0.29) is 22.9 Å². The summed E-state index contributed by atoms with van der Waals surface area (Å²) < 4.78 is 18.4. The van der Waals surface area contributed by atoms with Crippen LogP contribution in [0.1, 0.15) is 18.9 Å². The molecule has 0 radical (unpaired) electrons. The van der Waals surface area contributed by atoms with E-state index >= 15 is 0 Å². The number of amides is 1. The predicted octanol–water partition coefficient (Wildman–Crippen LogP) is 1.83. The minimum atomic E-state index is -0.505. The molecule has 1 aromatic carbocycles. The van der Waals surface area contributed by atoms with Crippen LogP contribution in [0, 0.1) is 5.82 Å². The number of thiocarbonyl (C=S) groups is 1. The van der Waals surface area contributed by atoms with Crippen molar-refractivity contribution in [1.82, 2.24) is 0 Å². The molecule has 0 heterocycles. The molecule has 0 aliphatic heterocycles. The van der Waals surface area contributed by atoms with Gasteiger partial charge in [0.2, 0.25) is 5.91 Å². The first kappa shape index (κ1) is 14.5. The lowest BCUT2D eigenvalue weighted by atomic mass is 10.2. The molecule has 4 nitrogen and oxygen atoms in total. The van der Waals surface area contributed by atoms with Crippen LogP contribution in [0.25, 0.3) is 0 Å². The summed E-state index contributed by atoms with van der Waals surface area (Å²) in [4.78, 5) is 11.5. The van der Waals surface area contributed by atoms with Gasteiger partial charge in [-0.2, -0.15) is 0 Å². The van der Waals surface area contributed by atoms with Crippen LogP contribution in [0.3, 0.4) is 0 Å². The average molecular weight is 270 g/mol. The molecule has 0 saturated heterocycles. The SMILES string of the molecule is CCOCCC(=O)Nc1ccc(F)c(C(N)=S)c1. The van der Waals surface area contributed by atoms with Crippen LogP contribution < -0.4 is 11.1 Å². The lowest BCUT2D eigenvalue weighted by molar-refractivity contribution is -0.117. The normalized spacial score (nSPS) is 10.1. The smallest absolute Gasteiger partial charge is 0.226 e. The summed E-state index contributed by atoms with van der Waals surface area (Å²) in [6.07, 6.45) is 0.244. The first-order valence-electron chi connectivity index (χ1n) is 5.51. The molecule has 0 unspecified atom stereocenters. The van der Waals surface area contributed by atoms with Crippen molar-refractivity contribution in [2.75, 3.05) is 18.5 Å². The summed E-state index contributed by atoms with van der Waals surface area (Å²) in [7, 11) is 0. The highest BCUT2D eigenvalue weighted by Gasteiger charge is 2.08. The number of carbonyl (C=O) groups is 1. The Morgan fingerprint density at radius 3 is 2.89 bits per heavy atom. The highest BCUT2D eigenvalue weighted by Crippen LogP contribution is 2.15. The number of rotatable bonds is 6. The maximum atomic E-state index is 13.3. The summed E-state index contributed by atoms with van der Waals surface area (Å²) in [6.45, 7) is 2.77. The zero-order chi connectivity index (χ0) is 13.5. The largest absolute Gasteiger partial charge is 0.389 e. The third-order valence-electron chi connectivity index (χ3n) is 2.19. The van der Waals surface area contributed by atoms with Crippen molar-refractivity contribution in [2.24, 2.45) is 5.73 Å². The minimum Gasteiger partial charge on any atom is -0.389 e. The lowest BCUT2D eigenvalue weighted by Crippen LogP contribution is -2.16. The second-order valence-corrected chi connectivity index (χ2v) is 3.99. The van der Waals surface area contributed by atoms with Crippen molar-refractivity contribution in [3.05, 3.63) is 29.6 Å². The van der Waals surface area contributed by atoms with Crippen LogP contribution in [-0.4, -0.2) is 24.1 Å². The molecule has 98 valence electrons. The Kier molecular flexibility index (Phi) is 5.67. The van der Waals surface area contributed by atoms with Crippen LogP contribution in [0.15, 0.2) is 18.2 Å². The topological polar surface area (TPSA) is 64.3 Å². The Hall–Kier alpha value is -1.53. The van der Waals surface area contributed by atoms with Crippen LogP contribution in [0.4, 0.5) is 10.1 Å². The second-order valence-electron chi connectivity index (χ2n) is 3.55. The third-order valence-corrected chi connectivity index (χ3v) is 2.41. The standard InChI is InChI=1S/C12H15FN2O2S/c1-2-17-6-5-11(16)15-8-3-4-10(13)9(7-8)12(14)18/h3-4,7H,2,5-6H2,1H3,(H2,14,18)(H,15,16). The molecule has 1 amide bonds. The molecule has 0 saturated carbocycles. The number of benzene rings is 1. The van der Waals surface area contributed by atoms with Crippen molar-refractivity contribution in [3.8, 4) is 0 Å². The van der Waals surface area contributed by atoms with Crippen molar-refractivity contribution in [1.29, 1.82) is 0 Å². The van der Waals surface area contributed by atoms with Crippen LogP contribution >= 0.6 is 12.2 Å². The van der Waals surface area contributed by atoms with Crippen molar-refractivity contribution >= 4 is 28.8 Å². The van der Waals surface area contributed by atoms with Gasteiger partial charge in [-0.25, -0.2) is 4.39 Å². The molecule has 0 fully saturated rings. The van der Waals surface area contributed by atoms with E-state index in [0.29, 0.717) is 18.9 Å². The molecule has 0 aromatic heterocycles. The average Bonchev–Trinajstić information content (AvgIpc) is 2.31. The molecule has 1 rings (SSSR count). The van der Waals surface area contributed by atoms with Gasteiger partial charge in [-0.15, -0.1) is 0 Å². The van der Waals surface area contributed by atoms with E-state index in [2.05, 4.69) is 5.32 Å². The number of anilines is 1. The molecule has 0 aliphatic rings. The minimum absolute atomic E-state index is 0.0436. The number of hydrogen-bond acceptors (Lipinski definition) is 3. The molecule has 0 spiro atoms. The van der Waals surface area contributed by atoms with Gasteiger partial charge in [0.05, 0.1) is 13.0 Å². The van der Waals surface area contributed by atoms with Gasteiger partial charge in [-0.1, -0.05) is 12.2 Å². The molecule has 6 heteroatoms. The Morgan fingerprint density at radius 2 is 2.28 bits per heavy atom. The van der Waals surface area contributed by atoms with Crippen molar-refractivity contribution < 1.29 is 13.9 Å². The van der Waals surface area contributed by atoms with Gasteiger partial charge in [0.25, 0.3) is 0 Å². The van der Waals surface area contributed by atoms with Gasteiger partial charge >= 0.3 is 0 Å². The monoisotopic (exact) mass is 270 g/mol. The van der Waals surface area contributed by atoms with Crippen molar-refractivity contribution in [3.63, 3.8) is 0 Å². The number of nitrogens with one attached hydrogen (secondary N) is 1. The maximum Gasteiger partial charge on any atom is 0.226 e. The van der Waals surface area contributed by atoms with E-state index < -0.39 is 5.82 Å². The number of carbonyl (C=O) groups excluding carboxylic acids is 1. The Bertz CT molecular complexity index is 452. The molecule has 0 atom stereocenters. The van der Waals surface area contributed by atoms with Gasteiger partial charge in [-0.05, 0) is 25.1 Å². The Balaban J connectivity index is 2.65. The fourth-order valence-corrected chi connectivity index (χ4v) is 1.48. The van der Waals surface area contributed by atoms with Gasteiger partial charge in [0.1, 0.15) is 10.8 Å². The first-order valence-corrected chi connectivity index (χ1v) is 5.92. The molecule has 1 aromatic rings. The van der Waals surface area contributed by atoms with Gasteiger partial charge < -0.3 is 15.8 Å². The van der Waals surface area contributed by atoms with Crippen LogP contribution in [0.2, 0.25) is 0 Å². The van der Waals surface area contributed by atoms with Gasteiger partial charge in [-0.3, -0.25) is 4.79 Å². The van der Waals surface area contributed by atoms with Crippen molar-refractivity contribution in [2.45, 2.75) is 13.3 Å². The predicted molar refractivity (Wildman–Crippen MR) is 72.0 cm³/mol. The van der Waals surface area contributed by atoms with Gasteiger partial charge in [0.15, 0.2) is 0 Å². The van der Waals surface area contributed by atoms with E-state index in [1.54, 1.807) is 0 Å². The quantitative estimate of drug-likeness (QED) is 0.611. The summed E-state index contributed by atoms with van der Waals surface area (Å²) in [6, 6.07) is 4.08. The van der Waals surface area contributed by atoms with E-state index in [9.17, 15) is 9.18 Å². The van der Waals surface area contributed by atoms with Gasteiger partial charge in [0, 0.05) is 17.9 Å². The summed E-state index contributed by atoms with van der Waals surface area (Å²) in [5.74, 6) is -0.709. The molecule has 3 N–H and O–H groups in total. The zero-order valence-electron chi connectivity index (χ0n) is 10.0. The highest BCUT2D eigenvalue weighted by molar-refractivity contribution is 7.80. The van der Waals surface area contributed by atoms with Crippen LogP contribution in [-0.2, 0) is 9.53 Å². The molecule has 0 bridgehead atoms. The maximum absolute atomic E-state index is 13.3. The zero-order valence-corrected chi connectivity index (χ0v) is 10.8. The van der Waals surface area contributed by atoms with E-state index in [1.165, 1.54) is 18.2 Å². The highest BCUT2D eigenvalue weighted by atomic mass is 32.1. The molecule has 18 heavy (non-hydrogen) atoms. The third kappa shape index (κ3) is 4.38. The number of halogens is 1. The van der Waals surface area contributed by atoms with E-state index in [1.807, 2.05) is 6.92 Å². The summed E-state index contributed by atoms with van der Waals surface area (Å²) in [5, 5.41) is 2.62. The van der Waals surface area contributed by atoms with Crippen LogP contribution in [0.5, 0.6) is 0 Å². The number of hydrogen-bond donors (Lipinski definition) is 2. The van der Waals surface area contributed by atoms with E-state index in [0.717, 1.165) is 0 Å². The fraction of sp³-hybridized carbons (Fsp3) is 0.333. The first-order chi connectivity index (χ1) is 8.54. The Labute approximate surface area is 110 Å². The summed E-state index contributed by atoms with van der Waals surface area (Å²) >= 11 is 4.71. The molecular formula is C12H15FN2O2S. The summed E-state index contributed by atoms with van der Waals surface area (Å²) in [5.41, 5.74) is 5.95.